The number of rotatable bonds is 57. The molecule has 3 atom stereocenters. The highest BCUT2D eigenvalue weighted by Gasteiger charge is 2.28. The smallest absolute Gasteiger partial charge is 0.462 e. The van der Waals surface area contributed by atoms with Gasteiger partial charge in [-0.15, -0.1) is 0 Å². The molecule has 0 heterocycles. The molecule has 0 saturated heterocycles. The average molecular weight is 1110 g/mol. The minimum absolute atomic E-state index is 0.145. The molecule has 2 N–H and O–H groups in total. The van der Waals surface area contributed by atoms with Crippen LogP contribution in [-0.4, -0.2) is 66.5 Å². The second-order valence-electron chi connectivity index (χ2n) is 20.5. The first kappa shape index (κ1) is 74.4. The summed E-state index contributed by atoms with van der Waals surface area (Å²) >= 11 is 0. The van der Waals surface area contributed by atoms with Crippen molar-refractivity contribution < 1.29 is 52.2 Å². The Balaban J connectivity index is 4.77. The number of carbonyl (C=O) groups is 3. The summed E-state index contributed by atoms with van der Waals surface area (Å²) in [6.45, 7) is 4.41. The molecule has 0 fully saturated rings. The molecule has 0 saturated carbocycles. The van der Waals surface area contributed by atoms with Crippen molar-refractivity contribution in [2.75, 3.05) is 26.4 Å². The van der Waals surface area contributed by atoms with Crippen LogP contribution < -0.4 is 0 Å². The number of hydrogen-bond donors (Lipinski definition) is 2. The van der Waals surface area contributed by atoms with Crippen LogP contribution >= 0.6 is 7.82 Å². The molecule has 0 aliphatic heterocycles. The molecule has 0 radical (unpaired) electrons. The molecule has 11 nitrogen and oxygen atoms in total. The van der Waals surface area contributed by atoms with E-state index in [4.69, 9.17) is 23.3 Å². The normalized spacial score (nSPS) is 14.0. The fraction of sp³-hybridized carbons (Fsp3) is 0.712. The molecule has 3 unspecified atom stereocenters. The first-order valence-corrected chi connectivity index (χ1v) is 32.6. The topological polar surface area (TPSA) is 155 Å². The Morgan fingerprint density at radius 2 is 0.667 bits per heavy atom. The Morgan fingerprint density at radius 1 is 0.372 bits per heavy atom. The molecule has 448 valence electrons. The van der Waals surface area contributed by atoms with E-state index in [-0.39, 0.29) is 25.9 Å². The quantitative estimate of drug-likeness (QED) is 0.0197. The third-order valence-electron chi connectivity index (χ3n) is 13.0. The summed E-state index contributed by atoms with van der Waals surface area (Å²) in [4.78, 5) is 48.7. The van der Waals surface area contributed by atoms with E-state index >= 15 is 0 Å². The van der Waals surface area contributed by atoms with Gasteiger partial charge in [-0.2, -0.15) is 0 Å². The number of aliphatic hydroxyl groups is 1. The first-order valence-electron chi connectivity index (χ1n) is 31.1. The molecule has 0 spiro atoms. The Bertz CT molecular complexity index is 1680. The Hall–Kier alpha value is -3.60. The van der Waals surface area contributed by atoms with E-state index in [1.165, 1.54) is 57.8 Å². The summed E-state index contributed by atoms with van der Waals surface area (Å²) in [5, 5.41) is 9.83. The molecule has 0 bridgehead atoms. The van der Waals surface area contributed by atoms with Crippen molar-refractivity contribution in [1.82, 2.24) is 0 Å². The number of allylic oxidation sites excluding steroid dienone is 16. The monoisotopic (exact) mass is 1110 g/mol. The lowest BCUT2D eigenvalue weighted by atomic mass is 10.0. The van der Waals surface area contributed by atoms with Crippen molar-refractivity contribution in [2.24, 2.45) is 0 Å². The van der Waals surface area contributed by atoms with Gasteiger partial charge in [-0.05, 0) is 96.3 Å². The van der Waals surface area contributed by atoms with Gasteiger partial charge < -0.3 is 24.2 Å². The highest BCUT2D eigenvalue weighted by molar-refractivity contribution is 7.47. The van der Waals surface area contributed by atoms with Crippen molar-refractivity contribution in [1.29, 1.82) is 0 Å². The van der Waals surface area contributed by atoms with Gasteiger partial charge in [0.05, 0.1) is 19.8 Å². The number of unbranched alkanes of at least 4 members (excludes halogenated alkanes) is 24. The van der Waals surface area contributed by atoms with Gasteiger partial charge in [0.1, 0.15) is 12.7 Å². The lowest BCUT2D eigenvalue weighted by molar-refractivity contribution is -0.161. The maximum atomic E-state index is 12.9. The number of phosphoric acid groups is 1. The number of hydrogen-bond acceptors (Lipinski definition) is 10. The zero-order valence-corrected chi connectivity index (χ0v) is 50.5. The summed E-state index contributed by atoms with van der Waals surface area (Å²) in [5.41, 5.74) is 0. The van der Waals surface area contributed by atoms with Gasteiger partial charge in [-0.1, -0.05) is 246 Å². The zero-order valence-electron chi connectivity index (χ0n) is 49.6. The number of phosphoric ester groups is 1. The van der Waals surface area contributed by atoms with Crippen LogP contribution in [0.2, 0.25) is 0 Å². The summed E-state index contributed by atoms with van der Waals surface area (Å²) in [7, 11) is -4.76. The minimum Gasteiger partial charge on any atom is -0.462 e. The largest absolute Gasteiger partial charge is 0.472 e. The summed E-state index contributed by atoms with van der Waals surface area (Å²) in [6, 6.07) is 0. The van der Waals surface area contributed by atoms with Crippen LogP contribution in [-0.2, 0) is 42.2 Å². The number of aliphatic hydroxyl groups excluding tert-OH is 1. The van der Waals surface area contributed by atoms with Crippen LogP contribution in [0.4, 0.5) is 0 Å². The number of ether oxygens (including phenoxy) is 3. The van der Waals surface area contributed by atoms with Crippen LogP contribution in [0, 0.1) is 0 Å². The SMILES string of the molecule is CC/C=C\C/C=C\C/C=C\C/C=C\CCCCCCCCC(=O)OCC(COP(=O)(O)OCC(CO)OC(=O)CCCCCCCCCCCCCCC)OC(=O)CCCCCCCC/C=C\C/C=C\C/C=C\C/C=C\CC. The second-order valence-corrected chi connectivity index (χ2v) is 21.9. The zero-order chi connectivity index (χ0) is 56.9. The van der Waals surface area contributed by atoms with E-state index in [0.29, 0.717) is 19.3 Å². The van der Waals surface area contributed by atoms with Crippen LogP contribution in [0.3, 0.4) is 0 Å². The van der Waals surface area contributed by atoms with Gasteiger partial charge in [0.2, 0.25) is 0 Å². The van der Waals surface area contributed by atoms with E-state index in [0.717, 1.165) is 148 Å². The lowest BCUT2D eigenvalue weighted by Gasteiger charge is -2.21. The van der Waals surface area contributed by atoms with E-state index in [1.807, 2.05) is 0 Å². The molecule has 0 aliphatic rings. The third-order valence-corrected chi connectivity index (χ3v) is 14.0. The molecule has 12 heteroatoms. The predicted molar refractivity (Wildman–Crippen MR) is 325 cm³/mol. The van der Waals surface area contributed by atoms with Crippen LogP contribution in [0.1, 0.15) is 265 Å². The fourth-order valence-corrected chi connectivity index (χ4v) is 9.12. The Labute approximate surface area is 476 Å². The van der Waals surface area contributed by atoms with Crippen LogP contribution in [0.15, 0.2) is 97.2 Å². The maximum absolute atomic E-state index is 12.9. The molecule has 0 aliphatic carbocycles. The van der Waals surface area contributed by atoms with Crippen molar-refractivity contribution in [3.63, 3.8) is 0 Å². The second kappa shape index (κ2) is 59.5. The molecular formula is C66H113O11P. The summed E-state index contributed by atoms with van der Waals surface area (Å²) in [6.07, 6.45) is 70.7. The highest BCUT2D eigenvalue weighted by Crippen LogP contribution is 2.43. The molecule has 0 aromatic rings. The number of esters is 3. The van der Waals surface area contributed by atoms with Crippen molar-refractivity contribution in [3.8, 4) is 0 Å². The fourth-order valence-electron chi connectivity index (χ4n) is 8.34. The van der Waals surface area contributed by atoms with Gasteiger partial charge in [0.15, 0.2) is 6.10 Å². The molecule has 0 rings (SSSR count). The summed E-state index contributed by atoms with van der Waals surface area (Å²) in [5.74, 6) is -1.49. The molecule has 0 aromatic carbocycles. The Kier molecular flexibility index (Phi) is 56.8. The standard InChI is InChI=1S/C66H113O11P/c1-4-7-10-13-16-19-22-25-27-29-31-33-35-38-40-43-46-49-52-55-64(68)73-59-63(77-66(70)57-54-51-48-45-42-39-36-34-32-30-28-26-23-20-17-14-11-8-5-2)61-75-78(71,72)74-60-62(58-67)76-65(69)56-53-50-47-44-41-37-24-21-18-15-12-9-6-3/h7-8,10-11,16-17,19-20,25-28,31-34,62-63,67H,4-6,9,12-15,18,21-24,29-30,35-61H2,1-3H3,(H,71,72)/b10-7-,11-8-,19-16-,20-17-,27-25-,28-26-,33-31-,34-32-. The van der Waals surface area contributed by atoms with Crippen molar-refractivity contribution in [3.05, 3.63) is 97.2 Å². The van der Waals surface area contributed by atoms with E-state index in [2.05, 4.69) is 118 Å². The molecular weight excluding hydrogens is 1000 g/mol. The van der Waals surface area contributed by atoms with Gasteiger partial charge in [-0.25, -0.2) is 4.57 Å². The Morgan fingerprint density at radius 3 is 1.03 bits per heavy atom. The van der Waals surface area contributed by atoms with E-state index in [9.17, 15) is 28.9 Å². The van der Waals surface area contributed by atoms with Crippen LogP contribution in [0.25, 0.3) is 0 Å². The van der Waals surface area contributed by atoms with Gasteiger partial charge in [0, 0.05) is 19.3 Å². The molecule has 0 aromatic heterocycles. The first-order chi connectivity index (χ1) is 38.2. The minimum atomic E-state index is -4.76. The maximum Gasteiger partial charge on any atom is 0.472 e. The van der Waals surface area contributed by atoms with Crippen molar-refractivity contribution in [2.45, 2.75) is 277 Å². The molecule has 0 amide bonds. The van der Waals surface area contributed by atoms with E-state index < -0.39 is 57.8 Å². The predicted octanol–water partition coefficient (Wildman–Crippen LogP) is 18.8. The highest BCUT2D eigenvalue weighted by atomic mass is 31.2. The van der Waals surface area contributed by atoms with Crippen LogP contribution in [0.5, 0.6) is 0 Å². The third kappa shape index (κ3) is 57.1. The van der Waals surface area contributed by atoms with Gasteiger partial charge >= 0.3 is 25.7 Å². The summed E-state index contributed by atoms with van der Waals surface area (Å²) < 4.78 is 39.6. The average Bonchev–Trinajstić information content (AvgIpc) is 3.43. The molecule has 78 heavy (non-hydrogen) atoms. The van der Waals surface area contributed by atoms with Crippen molar-refractivity contribution >= 4 is 25.7 Å². The van der Waals surface area contributed by atoms with Gasteiger partial charge in [0.25, 0.3) is 0 Å². The van der Waals surface area contributed by atoms with Gasteiger partial charge in [-0.3, -0.25) is 23.4 Å². The van der Waals surface area contributed by atoms with E-state index in [1.54, 1.807) is 0 Å². The number of carbonyl (C=O) groups excluding carboxylic acids is 3. The lowest BCUT2D eigenvalue weighted by Crippen LogP contribution is -2.30.